The number of hydrogen-bond donors (Lipinski definition) is 0. The number of nitrogens with zero attached hydrogens (tertiary/aromatic N) is 3. The van der Waals surface area contributed by atoms with E-state index in [1.54, 1.807) is 6.20 Å². The van der Waals surface area contributed by atoms with Gasteiger partial charge >= 0.3 is 0 Å². The van der Waals surface area contributed by atoms with E-state index >= 15 is 0 Å². The third kappa shape index (κ3) is 3.44. The molecule has 5 nitrogen and oxygen atoms in total. The molecule has 0 bridgehead atoms. The van der Waals surface area contributed by atoms with Crippen molar-refractivity contribution in [1.82, 2.24) is 9.97 Å². The maximum Gasteiger partial charge on any atom is 0.234 e. The zero-order valence-corrected chi connectivity index (χ0v) is 13.9. The lowest BCUT2D eigenvalue weighted by Gasteiger charge is -2.41. The highest BCUT2D eigenvalue weighted by atomic mass is 16.5. The third-order valence-electron chi connectivity index (χ3n) is 5.53. The highest BCUT2D eigenvalue weighted by molar-refractivity contribution is 5.39. The van der Waals surface area contributed by atoms with E-state index in [0.29, 0.717) is 12.0 Å². The molecular formula is C18H27N3O2. The zero-order chi connectivity index (χ0) is 15.5. The van der Waals surface area contributed by atoms with Gasteiger partial charge < -0.3 is 14.4 Å². The molecule has 0 unspecified atom stereocenters. The molecule has 1 saturated heterocycles. The van der Waals surface area contributed by atoms with Crippen LogP contribution in [0.4, 0.5) is 5.82 Å². The summed E-state index contributed by atoms with van der Waals surface area (Å²) in [4.78, 5) is 11.4. The van der Waals surface area contributed by atoms with Crippen LogP contribution in [-0.2, 0) is 4.74 Å². The maximum absolute atomic E-state index is 6.11. The number of hydrogen-bond acceptors (Lipinski definition) is 5. The van der Waals surface area contributed by atoms with Gasteiger partial charge in [0.1, 0.15) is 6.10 Å². The van der Waals surface area contributed by atoms with Crippen LogP contribution in [0, 0.1) is 0 Å². The number of ether oxygens (including phenoxy) is 2. The number of morpholine rings is 1. The fourth-order valence-corrected chi connectivity index (χ4v) is 4.26. The summed E-state index contributed by atoms with van der Waals surface area (Å²) in [6, 6.07) is 0. The van der Waals surface area contributed by atoms with Crippen molar-refractivity contribution < 1.29 is 9.47 Å². The van der Waals surface area contributed by atoms with Crippen molar-refractivity contribution in [1.29, 1.82) is 0 Å². The van der Waals surface area contributed by atoms with Crippen molar-refractivity contribution in [3.8, 4) is 5.88 Å². The number of aromatic nitrogens is 2. The van der Waals surface area contributed by atoms with Crippen molar-refractivity contribution in [3.05, 3.63) is 12.4 Å². The van der Waals surface area contributed by atoms with Crippen LogP contribution in [0.15, 0.2) is 12.4 Å². The quantitative estimate of drug-likeness (QED) is 0.855. The van der Waals surface area contributed by atoms with Gasteiger partial charge in [0.15, 0.2) is 5.82 Å². The molecule has 0 N–H and O–H groups in total. The topological polar surface area (TPSA) is 47.5 Å². The summed E-state index contributed by atoms with van der Waals surface area (Å²) in [6.45, 7) is 2.62. The molecule has 1 aromatic rings. The van der Waals surface area contributed by atoms with E-state index in [2.05, 4.69) is 9.88 Å². The fraction of sp³-hybridized carbons (Fsp3) is 0.778. The molecule has 23 heavy (non-hydrogen) atoms. The molecular weight excluding hydrogens is 290 g/mol. The van der Waals surface area contributed by atoms with E-state index in [0.717, 1.165) is 38.4 Å². The molecule has 1 aliphatic heterocycles. The van der Waals surface area contributed by atoms with Crippen LogP contribution in [0.1, 0.15) is 57.8 Å². The highest BCUT2D eigenvalue weighted by Gasteiger charge is 2.39. The lowest BCUT2D eigenvalue weighted by atomic mass is 9.98. The molecule has 3 aliphatic rings. The monoisotopic (exact) mass is 317 g/mol. The van der Waals surface area contributed by atoms with Gasteiger partial charge in [-0.2, -0.15) is 4.98 Å². The Morgan fingerprint density at radius 3 is 2.74 bits per heavy atom. The normalized spacial score (nSPS) is 25.0. The lowest BCUT2D eigenvalue weighted by Crippen LogP contribution is -2.50. The first-order valence-corrected chi connectivity index (χ1v) is 9.21. The van der Waals surface area contributed by atoms with E-state index in [1.807, 2.05) is 6.20 Å². The summed E-state index contributed by atoms with van der Waals surface area (Å²) in [5.74, 6) is 1.62. The Hall–Kier alpha value is -1.36. The summed E-state index contributed by atoms with van der Waals surface area (Å²) in [5, 5.41) is 0. The Bertz CT molecular complexity index is 525. The van der Waals surface area contributed by atoms with Gasteiger partial charge in [-0.1, -0.05) is 19.3 Å². The molecule has 4 rings (SSSR count). The largest absolute Gasteiger partial charge is 0.473 e. The summed E-state index contributed by atoms with van der Waals surface area (Å²) in [6.07, 6.45) is 15.0. The van der Waals surface area contributed by atoms with Crippen LogP contribution in [0.3, 0.4) is 0 Å². The van der Waals surface area contributed by atoms with E-state index in [-0.39, 0.29) is 5.60 Å². The third-order valence-corrected chi connectivity index (χ3v) is 5.53. The number of rotatable bonds is 3. The molecule has 0 amide bonds. The van der Waals surface area contributed by atoms with Gasteiger partial charge in [-0.3, -0.25) is 4.98 Å². The maximum atomic E-state index is 6.11. The zero-order valence-electron chi connectivity index (χ0n) is 13.9. The molecule has 1 aromatic heterocycles. The molecule has 5 heteroatoms. The van der Waals surface area contributed by atoms with Crippen molar-refractivity contribution in [2.45, 2.75) is 69.5 Å². The van der Waals surface area contributed by atoms with E-state index < -0.39 is 0 Å². The van der Waals surface area contributed by atoms with Crippen LogP contribution < -0.4 is 9.64 Å². The second kappa shape index (κ2) is 6.63. The average molecular weight is 317 g/mol. The second-order valence-corrected chi connectivity index (χ2v) is 7.25. The standard InChI is InChI=1S/C18H27N3O2/c1-2-6-15(7-3-1)23-17-13-19-12-16(20-17)21-10-11-22-18(14-21)8-4-5-9-18/h12-13,15H,1-11,14H2. The summed E-state index contributed by atoms with van der Waals surface area (Å²) in [7, 11) is 0. The molecule has 2 saturated carbocycles. The summed E-state index contributed by atoms with van der Waals surface area (Å²) in [5.41, 5.74) is 0.0557. The number of anilines is 1. The minimum atomic E-state index is 0.0557. The molecule has 1 spiro atoms. The molecule has 2 aliphatic carbocycles. The van der Waals surface area contributed by atoms with E-state index in [4.69, 9.17) is 14.5 Å². The highest BCUT2D eigenvalue weighted by Crippen LogP contribution is 2.37. The van der Waals surface area contributed by atoms with Crippen LogP contribution in [0.2, 0.25) is 0 Å². The SMILES string of the molecule is c1ncc(N2CCOC3(CCCC3)C2)nc1OC1CCCCC1. The van der Waals surface area contributed by atoms with Crippen molar-refractivity contribution in [2.75, 3.05) is 24.6 Å². The molecule has 0 radical (unpaired) electrons. The summed E-state index contributed by atoms with van der Waals surface area (Å²) < 4.78 is 12.2. The Labute approximate surface area is 138 Å². The van der Waals surface area contributed by atoms with Gasteiger partial charge in [0, 0.05) is 13.1 Å². The van der Waals surface area contributed by atoms with Crippen LogP contribution in [0.5, 0.6) is 5.88 Å². The molecule has 3 fully saturated rings. The van der Waals surface area contributed by atoms with Gasteiger partial charge in [0.05, 0.1) is 24.6 Å². The second-order valence-electron chi connectivity index (χ2n) is 7.25. The van der Waals surface area contributed by atoms with Crippen LogP contribution >= 0.6 is 0 Å². The predicted molar refractivity (Wildman–Crippen MR) is 88.9 cm³/mol. The molecule has 0 aromatic carbocycles. The molecule has 0 atom stereocenters. The first-order valence-electron chi connectivity index (χ1n) is 9.21. The van der Waals surface area contributed by atoms with Crippen LogP contribution in [0.25, 0.3) is 0 Å². The van der Waals surface area contributed by atoms with Crippen molar-refractivity contribution in [2.24, 2.45) is 0 Å². The Morgan fingerprint density at radius 1 is 1.09 bits per heavy atom. The van der Waals surface area contributed by atoms with Gasteiger partial charge in [-0.25, -0.2) is 0 Å². The van der Waals surface area contributed by atoms with Gasteiger partial charge in [0.2, 0.25) is 5.88 Å². The van der Waals surface area contributed by atoms with E-state index in [9.17, 15) is 0 Å². The fourth-order valence-electron chi connectivity index (χ4n) is 4.26. The minimum Gasteiger partial charge on any atom is -0.473 e. The van der Waals surface area contributed by atoms with Gasteiger partial charge in [0.25, 0.3) is 0 Å². The summed E-state index contributed by atoms with van der Waals surface area (Å²) >= 11 is 0. The van der Waals surface area contributed by atoms with Crippen molar-refractivity contribution in [3.63, 3.8) is 0 Å². The Kier molecular flexibility index (Phi) is 4.38. The average Bonchev–Trinajstić information content (AvgIpc) is 3.04. The van der Waals surface area contributed by atoms with Crippen molar-refractivity contribution >= 4 is 5.82 Å². The Balaban J connectivity index is 1.44. The van der Waals surface area contributed by atoms with Crippen LogP contribution in [-0.4, -0.2) is 41.4 Å². The smallest absolute Gasteiger partial charge is 0.234 e. The minimum absolute atomic E-state index is 0.0557. The first-order chi connectivity index (χ1) is 11.3. The molecule has 2 heterocycles. The first kappa shape index (κ1) is 15.2. The molecule has 126 valence electrons. The van der Waals surface area contributed by atoms with E-state index in [1.165, 1.54) is 44.9 Å². The van der Waals surface area contributed by atoms with Gasteiger partial charge in [-0.05, 0) is 38.5 Å². The Morgan fingerprint density at radius 2 is 1.91 bits per heavy atom. The lowest BCUT2D eigenvalue weighted by molar-refractivity contribution is -0.0503. The van der Waals surface area contributed by atoms with Gasteiger partial charge in [-0.15, -0.1) is 0 Å². The predicted octanol–water partition coefficient (Wildman–Crippen LogP) is 3.34.